The second kappa shape index (κ2) is 7.26. The number of fused-ring (bicyclic) bond motifs is 1. The molecule has 8 heteroatoms. The topological polar surface area (TPSA) is 83.5 Å². The van der Waals surface area contributed by atoms with E-state index in [1.807, 2.05) is 53.9 Å². The van der Waals surface area contributed by atoms with Crippen molar-refractivity contribution in [3.05, 3.63) is 89.6 Å². The fourth-order valence-corrected chi connectivity index (χ4v) is 3.66. The van der Waals surface area contributed by atoms with Crippen LogP contribution in [0.15, 0.2) is 57.4 Å². The Bertz CT molecular complexity index is 1300. The predicted octanol–water partition coefficient (Wildman–Crippen LogP) is 3.42. The van der Waals surface area contributed by atoms with Gasteiger partial charge in [-0.15, -0.1) is 11.3 Å². The maximum atomic E-state index is 12.4. The van der Waals surface area contributed by atoms with Crippen LogP contribution in [-0.2, 0) is 6.54 Å². The van der Waals surface area contributed by atoms with Gasteiger partial charge in [-0.25, -0.2) is 9.78 Å². The molecule has 0 saturated carbocycles. The van der Waals surface area contributed by atoms with Crippen LogP contribution in [0, 0.1) is 4.64 Å². The van der Waals surface area contributed by atoms with Crippen molar-refractivity contribution in [2.24, 2.45) is 0 Å². The lowest BCUT2D eigenvalue weighted by Crippen LogP contribution is -2.31. The Morgan fingerprint density at radius 3 is 2.63 bits per heavy atom. The highest BCUT2D eigenvalue weighted by molar-refractivity contribution is 7.71. The molecule has 3 aromatic heterocycles. The van der Waals surface area contributed by atoms with Crippen molar-refractivity contribution in [2.45, 2.75) is 6.54 Å². The summed E-state index contributed by atoms with van der Waals surface area (Å²) in [7, 11) is 0. The summed E-state index contributed by atoms with van der Waals surface area (Å²) in [6, 6.07) is 13.5. The van der Waals surface area contributed by atoms with Crippen LogP contribution in [0.4, 0.5) is 0 Å². The van der Waals surface area contributed by atoms with Crippen molar-refractivity contribution in [1.29, 1.82) is 0 Å². The van der Waals surface area contributed by atoms with Crippen LogP contribution in [0.25, 0.3) is 23.2 Å². The van der Waals surface area contributed by atoms with Crippen LogP contribution in [0.1, 0.15) is 16.3 Å². The average molecular weight is 394 g/mol. The number of nitrogens with one attached hydrogen (secondary N) is 2. The first-order valence-electron chi connectivity index (χ1n) is 8.14. The van der Waals surface area contributed by atoms with Crippen LogP contribution in [0.2, 0.25) is 0 Å². The molecule has 0 saturated heterocycles. The summed E-state index contributed by atoms with van der Waals surface area (Å²) in [5, 5.41) is 2.18. The molecule has 134 valence electrons. The predicted molar refractivity (Wildman–Crippen MR) is 111 cm³/mol. The van der Waals surface area contributed by atoms with Crippen LogP contribution < -0.4 is 11.2 Å². The highest BCUT2D eigenvalue weighted by Crippen LogP contribution is 2.14. The molecule has 0 aliphatic rings. The minimum Gasteiger partial charge on any atom is -0.325 e. The Morgan fingerprint density at radius 1 is 1.07 bits per heavy atom. The van der Waals surface area contributed by atoms with Crippen molar-refractivity contribution in [3.63, 3.8) is 0 Å². The van der Waals surface area contributed by atoms with Gasteiger partial charge >= 0.3 is 5.69 Å². The number of aromatic amines is 2. The van der Waals surface area contributed by atoms with E-state index in [2.05, 4.69) is 15.0 Å². The number of rotatable bonds is 4. The number of thiophene rings is 1. The van der Waals surface area contributed by atoms with E-state index in [1.54, 1.807) is 17.4 Å². The Balaban J connectivity index is 1.90. The summed E-state index contributed by atoms with van der Waals surface area (Å²) < 4.78 is 1.61. The monoisotopic (exact) mass is 394 g/mol. The van der Waals surface area contributed by atoms with E-state index in [0.717, 1.165) is 10.4 Å². The molecule has 0 radical (unpaired) electrons. The van der Waals surface area contributed by atoms with Gasteiger partial charge in [-0.3, -0.25) is 14.3 Å². The summed E-state index contributed by atoms with van der Waals surface area (Å²) >= 11 is 6.91. The average Bonchev–Trinajstić information content (AvgIpc) is 3.17. The van der Waals surface area contributed by atoms with Gasteiger partial charge in [-0.1, -0.05) is 48.6 Å². The normalized spacial score (nSPS) is 11.4. The second-order valence-electron chi connectivity index (χ2n) is 5.83. The SMILES string of the molecule is O=c1[nH]c(=O)n(Cc2ccccc2)c2[nH]c(/C=C\c3cccs3)nc(=S)c12. The van der Waals surface area contributed by atoms with Gasteiger partial charge in [0.25, 0.3) is 5.56 Å². The molecule has 27 heavy (non-hydrogen) atoms. The minimum atomic E-state index is -0.540. The van der Waals surface area contributed by atoms with Gasteiger partial charge in [0.05, 0.1) is 6.54 Å². The molecule has 0 atom stereocenters. The Kier molecular flexibility index (Phi) is 4.66. The number of H-pyrrole nitrogens is 2. The van der Waals surface area contributed by atoms with Crippen molar-refractivity contribution in [3.8, 4) is 0 Å². The lowest BCUT2D eigenvalue weighted by molar-refractivity contribution is 0.743. The molecule has 4 rings (SSSR count). The number of nitrogens with zero attached hydrogens (tertiary/aromatic N) is 2. The molecule has 4 aromatic rings. The van der Waals surface area contributed by atoms with Gasteiger partial charge in [0.15, 0.2) is 0 Å². The van der Waals surface area contributed by atoms with E-state index in [4.69, 9.17) is 12.2 Å². The summed E-state index contributed by atoms with van der Waals surface area (Å²) in [6.07, 6.45) is 3.68. The van der Waals surface area contributed by atoms with Crippen LogP contribution >= 0.6 is 23.6 Å². The largest absolute Gasteiger partial charge is 0.330 e. The summed E-state index contributed by atoms with van der Waals surface area (Å²) in [6.45, 7) is 0.302. The number of aromatic nitrogens is 4. The zero-order chi connectivity index (χ0) is 18.8. The molecular formula is C19H14N4O2S2. The first-order valence-corrected chi connectivity index (χ1v) is 9.43. The Hall–Kier alpha value is -3.10. The van der Waals surface area contributed by atoms with E-state index in [9.17, 15) is 9.59 Å². The highest BCUT2D eigenvalue weighted by Gasteiger charge is 2.11. The molecule has 0 aliphatic carbocycles. The Morgan fingerprint density at radius 2 is 1.89 bits per heavy atom. The fraction of sp³-hybridized carbons (Fsp3) is 0.0526. The zero-order valence-electron chi connectivity index (χ0n) is 14.0. The van der Waals surface area contributed by atoms with E-state index in [1.165, 1.54) is 4.57 Å². The smallest absolute Gasteiger partial charge is 0.325 e. The highest BCUT2D eigenvalue weighted by atomic mass is 32.1. The van der Waals surface area contributed by atoms with E-state index >= 15 is 0 Å². The maximum absolute atomic E-state index is 12.4. The van der Waals surface area contributed by atoms with Gasteiger partial charge in [-0.05, 0) is 29.2 Å². The third-order valence-corrected chi connectivity index (χ3v) is 5.15. The van der Waals surface area contributed by atoms with Crippen molar-refractivity contribution in [1.82, 2.24) is 19.5 Å². The maximum Gasteiger partial charge on any atom is 0.330 e. The van der Waals surface area contributed by atoms with Gasteiger partial charge in [0.1, 0.15) is 21.5 Å². The molecule has 1 aromatic carbocycles. The van der Waals surface area contributed by atoms with E-state index in [-0.39, 0.29) is 10.0 Å². The van der Waals surface area contributed by atoms with Gasteiger partial charge < -0.3 is 4.98 Å². The molecule has 0 bridgehead atoms. The summed E-state index contributed by atoms with van der Waals surface area (Å²) in [5.41, 5.74) is 0.251. The number of hydrogen-bond acceptors (Lipinski definition) is 5. The minimum absolute atomic E-state index is 0.151. The molecule has 0 aliphatic heterocycles. The molecule has 2 N–H and O–H groups in total. The molecule has 0 fully saturated rings. The number of hydrogen-bond donors (Lipinski definition) is 2. The third kappa shape index (κ3) is 3.57. The summed E-state index contributed by atoms with van der Waals surface area (Å²) in [4.78, 5) is 35.5. The summed E-state index contributed by atoms with van der Waals surface area (Å²) in [5.74, 6) is 0.479. The lowest BCUT2D eigenvalue weighted by Gasteiger charge is -2.10. The van der Waals surface area contributed by atoms with E-state index in [0.29, 0.717) is 18.0 Å². The fourth-order valence-electron chi connectivity index (χ4n) is 2.76. The van der Waals surface area contributed by atoms with Crippen LogP contribution in [0.5, 0.6) is 0 Å². The zero-order valence-corrected chi connectivity index (χ0v) is 15.6. The third-order valence-electron chi connectivity index (χ3n) is 4.01. The first-order chi connectivity index (χ1) is 13.1. The van der Waals surface area contributed by atoms with Crippen LogP contribution in [0.3, 0.4) is 0 Å². The standard InChI is InChI=1S/C19H14N4O2S2/c24-17-15-16(23(19(25)22-17)11-12-5-2-1-3-6-12)20-14(21-18(15)26)9-8-13-7-4-10-27-13/h1-10H,11H2,(H,20,21,26)(H,22,24,25)/b9-8-. The Labute approximate surface area is 162 Å². The second-order valence-corrected chi connectivity index (χ2v) is 7.20. The molecule has 0 spiro atoms. The van der Waals surface area contributed by atoms with E-state index < -0.39 is 11.2 Å². The van der Waals surface area contributed by atoms with Crippen LogP contribution in [-0.4, -0.2) is 19.5 Å². The molecule has 0 amide bonds. The van der Waals surface area contributed by atoms with Crippen molar-refractivity contribution < 1.29 is 0 Å². The molecule has 0 unspecified atom stereocenters. The molecular weight excluding hydrogens is 380 g/mol. The quantitative estimate of drug-likeness (QED) is 0.520. The molecule has 3 heterocycles. The lowest BCUT2D eigenvalue weighted by atomic mass is 10.2. The van der Waals surface area contributed by atoms with Crippen molar-refractivity contribution in [2.75, 3.05) is 0 Å². The first kappa shape index (κ1) is 17.3. The van der Waals surface area contributed by atoms with Gasteiger partial charge in [0.2, 0.25) is 0 Å². The number of benzene rings is 1. The van der Waals surface area contributed by atoms with Gasteiger partial charge in [-0.2, -0.15) is 0 Å². The van der Waals surface area contributed by atoms with Crippen molar-refractivity contribution >= 4 is 46.7 Å². The molecule has 6 nitrogen and oxygen atoms in total. The van der Waals surface area contributed by atoms with Gasteiger partial charge in [0, 0.05) is 4.88 Å².